The molecule has 0 aliphatic carbocycles. The van der Waals surface area contributed by atoms with Gasteiger partial charge >= 0.3 is 5.97 Å². The lowest BCUT2D eigenvalue weighted by molar-refractivity contribution is -0.150. The van der Waals surface area contributed by atoms with Crippen LogP contribution < -0.4 is 4.74 Å². The molecule has 0 bridgehead atoms. The average molecular weight is 457 g/mol. The zero-order chi connectivity index (χ0) is 23.0. The second kappa shape index (κ2) is 8.77. The number of hydrogen-bond acceptors (Lipinski definition) is 7. The van der Waals surface area contributed by atoms with Gasteiger partial charge in [0, 0.05) is 18.9 Å². The fourth-order valence-electron chi connectivity index (χ4n) is 3.32. The summed E-state index contributed by atoms with van der Waals surface area (Å²) in [6, 6.07) is 1.44. The number of rotatable bonds is 7. The number of carbonyl (C=O) groups is 2. The molecule has 0 N–H and O–H groups in total. The van der Waals surface area contributed by atoms with Crippen LogP contribution >= 0.6 is 11.6 Å². The van der Waals surface area contributed by atoms with Gasteiger partial charge in [-0.05, 0) is 51.8 Å². The van der Waals surface area contributed by atoms with Crippen LogP contribution in [0.4, 0.5) is 0 Å². The van der Waals surface area contributed by atoms with Gasteiger partial charge in [0.05, 0.1) is 22.2 Å². The van der Waals surface area contributed by atoms with Crippen LogP contribution in [0.15, 0.2) is 11.0 Å². The Hall–Kier alpha value is -2.39. The van der Waals surface area contributed by atoms with Gasteiger partial charge in [-0.15, -0.1) is 0 Å². The molecule has 0 radical (unpaired) electrons. The van der Waals surface area contributed by atoms with E-state index in [4.69, 9.17) is 21.1 Å². The first-order chi connectivity index (χ1) is 13.8. The maximum absolute atomic E-state index is 13.4. The van der Waals surface area contributed by atoms with Crippen LogP contribution in [0.2, 0.25) is 5.02 Å². The van der Waals surface area contributed by atoms with Crippen molar-refractivity contribution in [2.45, 2.75) is 45.6 Å². The van der Waals surface area contributed by atoms with Gasteiger partial charge in [0.15, 0.2) is 15.9 Å². The van der Waals surface area contributed by atoms with Crippen molar-refractivity contribution in [3.63, 3.8) is 0 Å². The Balaban J connectivity index is 2.59. The van der Waals surface area contributed by atoms with Crippen molar-refractivity contribution in [1.29, 1.82) is 0 Å². The molecule has 0 aliphatic rings. The van der Waals surface area contributed by atoms with Gasteiger partial charge in [0.1, 0.15) is 5.56 Å². The number of carbonyl (C=O) groups excluding carboxylic acids is 2. The predicted molar refractivity (Wildman–Crippen MR) is 112 cm³/mol. The third kappa shape index (κ3) is 4.52. The Bertz CT molecular complexity index is 1120. The Labute approximate surface area is 181 Å². The molecule has 30 heavy (non-hydrogen) atoms. The van der Waals surface area contributed by atoms with E-state index in [1.165, 1.54) is 17.7 Å². The number of hydrogen-bond donors (Lipinski definition) is 0. The summed E-state index contributed by atoms with van der Waals surface area (Å²) in [5.41, 5.74) is 1.36. The van der Waals surface area contributed by atoms with Gasteiger partial charge in [-0.3, -0.25) is 4.79 Å². The smallest absolute Gasteiger partial charge is 0.347 e. The number of ether oxygens (including phenoxy) is 2. The zero-order valence-corrected chi connectivity index (χ0v) is 19.6. The van der Waals surface area contributed by atoms with E-state index in [2.05, 4.69) is 5.10 Å². The maximum atomic E-state index is 13.4. The molecule has 2 rings (SSSR count). The minimum absolute atomic E-state index is 0.0404. The van der Waals surface area contributed by atoms with E-state index in [-0.39, 0.29) is 33.5 Å². The van der Waals surface area contributed by atoms with Gasteiger partial charge in [-0.2, -0.15) is 5.10 Å². The summed E-state index contributed by atoms with van der Waals surface area (Å²) in [4.78, 5) is 25.4. The Morgan fingerprint density at radius 3 is 2.40 bits per heavy atom. The first kappa shape index (κ1) is 23.9. The third-order valence-corrected chi connectivity index (χ3v) is 6.40. The number of esters is 1. The summed E-state index contributed by atoms with van der Waals surface area (Å²) >= 11 is 6.40. The van der Waals surface area contributed by atoms with Crippen LogP contribution in [0.3, 0.4) is 0 Å². The van der Waals surface area contributed by atoms with E-state index >= 15 is 0 Å². The van der Waals surface area contributed by atoms with Gasteiger partial charge < -0.3 is 9.47 Å². The summed E-state index contributed by atoms with van der Waals surface area (Å²) in [7, 11) is -1.94. The van der Waals surface area contributed by atoms with Crippen molar-refractivity contribution < 1.29 is 27.5 Å². The molecule has 0 aliphatic heterocycles. The van der Waals surface area contributed by atoms with E-state index in [0.29, 0.717) is 16.8 Å². The van der Waals surface area contributed by atoms with Crippen molar-refractivity contribution in [2.24, 2.45) is 7.05 Å². The van der Waals surface area contributed by atoms with Crippen LogP contribution in [-0.4, -0.2) is 48.9 Å². The van der Waals surface area contributed by atoms with E-state index in [1.807, 2.05) is 0 Å². The van der Waals surface area contributed by atoms with Gasteiger partial charge in [-0.1, -0.05) is 11.6 Å². The molecule has 2 aromatic rings. The molecule has 0 spiro atoms. The second-order valence-electron chi connectivity index (χ2n) is 7.01. The highest BCUT2D eigenvalue weighted by molar-refractivity contribution is 7.90. The van der Waals surface area contributed by atoms with E-state index in [0.717, 1.165) is 6.26 Å². The van der Waals surface area contributed by atoms with E-state index in [1.54, 1.807) is 34.7 Å². The lowest BCUT2D eigenvalue weighted by Crippen LogP contribution is -2.27. The average Bonchev–Trinajstić information content (AvgIpc) is 2.89. The van der Waals surface area contributed by atoms with Crippen molar-refractivity contribution >= 4 is 33.2 Å². The number of aromatic nitrogens is 2. The van der Waals surface area contributed by atoms with Crippen LogP contribution in [0.25, 0.3) is 0 Å². The number of aryl methyl sites for hydroxylation is 3. The zero-order valence-electron chi connectivity index (χ0n) is 18.0. The number of sulfone groups is 1. The molecule has 10 heteroatoms. The highest BCUT2D eigenvalue weighted by Crippen LogP contribution is 2.34. The van der Waals surface area contributed by atoms with Crippen LogP contribution in [0.5, 0.6) is 5.88 Å². The molecule has 0 fully saturated rings. The number of nitrogens with zero attached hydrogens (tertiary/aromatic N) is 2. The molecule has 1 aromatic heterocycles. The van der Waals surface area contributed by atoms with Crippen LogP contribution in [-0.2, 0) is 26.4 Å². The molecular formula is C20H25ClN2O6S. The minimum atomic E-state index is -3.53. The topological polar surface area (TPSA) is 105 Å². The lowest BCUT2D eigenvalue weighted by atomic mass is 9.99. The molecule has 0 saturated carbocycles. The number of benzene rings is 1. The molecular weight excluding hydrogens is 432 g/mol. The fourth-order valence-corrected chi connectivity index (χ4v) is 4.91. The summed E-state index contributed by atoms with van der Waals surface area (Å²) < 4.78 is 36.2. The molecule has 1 aromatic carbocycles. The van der Waals surface area contributed by atoms with Crippen molar-refractivity contribution in [2.75, 3.05) is 12.9 Å². The lowest BCUT2D eigenvalue weighted by Gasteiger charge is -2.16. The summed E-state index contributed by atoms with van der Waals surface area (Å²) in [6.07, 6.45) is 0.131. The highest BCUT2D eigenvalue weighted by Gasteiger charge is 2.30. The standard InChI is InChI=1S/C20H25ClN2O6S/c1-8-28-20(25)13(5)29-19-15(12(4)22-23(19)6)17(24)14-9-10(2)18(30(7,26)27)11(3)16(14)21/h9,13H,8H2,1-7H3. The monoisotopic (exact) mass is 456 g/mol. The molecule has 1 heterocycles. The van der Waals surface area contributed by atoms with Gasteiger partial charge in [-0.25, -0.2) is 17.9 Å². The van der Waals surface area contributed by atoms with Crippen molar-refractivity contribution in [3.05, 3.63) is 39.0 Å². The predicted octanol–water partition coefficient (Wildman–Crippen LogP) is 2.96. The normalized spacial score (nSPS) is 12.5. The molecule has 164 valence electrons. The number of ketones is 1. The van der Waals surface area contributed by atoms with Crippen LogP contribution in [0.1, 0.15) is 46.6 Å². The third-order valence-electron chi connectivity index (χ3n) is 4.54. The molecule has 1 atom stereocenters. The first-order valence-corrected chi connectivity index (χ1v) is 11.5. The van der Waals surface area contributed by atoms with E-state index in [9.17, 15) is 18.0 Å². The van der Waals surface area contributed by atoms with Crippen molar-refractivity contribution in [3.8, 4) is 5.88 Å². The fraction of sp³-hybridized carbons (Fsp3) is 0.450. The Kier molecular flexibility index (Phi) is 6.98. The quantitative estimate of drug-likeness (QED) is 0.465. The Morgan fingerprint density at radius 1 is 1.27 bits per heavy atom. The largest absolute Gasteiger partial charge is 0.463 e. The maximum Gasteiger partial charge on any atom is 0.347 e. The van der Waals surface area contributed by atoms with Gasteiger partial charge in [0.2, 0.25) is 11.7 Å². The molecule has 0 amide bonds. The minimum Gasteiger partial charge on any atom is -0.463 e. The molecule has 0 saturated heterocycles. The SMILES string of the molecule is CCOC(=O)C(C)Oc1c(C(=O)c2cc(C)c(S(C)(=O)=O)c(C)c2Cl)c(C)nn1C. The summed E-state index contributed by atoms with van der Waals surface area (Å²) in [5, 5.41) is 4.27. The van der Waals surface area contributed by atoms with Crippen LogP contribution in [0, 0.1) is 20.8 Å². The van der Waals surface area contributed by atoms with Crippen molar-refractivity contribution in [1.82, 2.24) is 9.78 Å². The first-order valence-electron chi connectivity index (χ1n) is 9.22. The highest BCUT2D eigenvalue weighted by atomic mass is 35.5. The molecule has 8 nitrogen and oxygen atoms in total. The molecule has 1 unspecified atom stereocenters. The second-order valence-corrected chi connectivity index (χ2v) is 9.34. The summed E-state index contributed by atoms with van der Waals surface area (Å²) in [5.74, 6) is -0.962. The van der Waals surface area contributed by atoms with E-state index < -0.39 is 27.7 Å². The number of halogens is 1. The van der Waals surface area contributed by atoms with Gasteiger partial charge in [0.25, 0.3) is 0 Å². The summed E-state index contributed by atoms with van der Waals surface area (Å²) in [6.45, 7) is 8.18. The Morgan fingerprint density at radius 2 is 1.87 bits per heavy atom.